The van der Waals surface area contributed by atoms with E-state index in [1.54, 1.807) is 23.5 Å². The maximum absolute atomic E-state index is 6.07. The zero-order valence-corrected chi connectivity index (χ0v) is 11.4. The van der Waals surface area contributed by atoms with Crippen molar-refractivity contribution in [2.24, 2.45) is 5.73 Å². The van der Waals surface area contributed by atoms with Crippen molar-refractivity contribution in [3.63, 3.8) is 0 Å². The molecule has 2 rings (SSSR count). The van der Waals surface area contributed by atoms with Crippen LogP contribution in [0.15, 0.2) is 24.4 Å². The number of aromatic nitrogens is 1. The van der Waals surface area contributed by atoms with Gasteiger partial charge in [-0.05, 0) is 25.1 Å². The molecule has 0 spiro atoms. The third kappa shape index (κ3) is 2.94. The molecule has 3 nitrogen and oxygen atoms in total. The first-order valence-electron chi connectivity index (χ1n) is 4.85. The lowest BCUT2D eigenvalue weighted by Gasteiger charge is -2.06. The Hall–Kier alpha value is -1.17. The molecule has 0 aliphatic rings. The minimum Gasteiger partial charge on any atom is -0.389 e. The van der Waals surface area contributed by atoms with Crippen LogP contribution >= 0.6 is 35.2 Å². The summed E-state index contributed by atoms with van der Waals surface area (Å²) in [4.78, 5) is 5.66. The van der Waals surface area contributed by atoms with E-state index in [1.165, 1.54) is 0 Å². The Bertz CT molecular complexity index is 566. The molecule has 0 aliphatic heterocycles. The fourth-order valence-corrected chi connectivity index (χ4v) is 2.53. The Kier molecular flexibility index (Phi) is 3.61. The van der Waals surface area contributed by atoms with Crippen molar-refractivity contribution in [1.82, 2.24) is 4.98 Å². The molecule has 1 aromatic carbocycles. The quantitative estimate of drug-likeness (QED) is 0.847. The van der Waals surface area contributed by atoms with Gasteiger partial charge in [-0.15, -0.1) is 11.3 Å². The summed E-state index contributed by atoms with van der Waals surface area (Å²) in [6.07, 6.45) is 1.82. The van der Waals surface area contributed by atoms with Gasteiger partial charge in [-0.1, -0.05) is 23.8 Å². The number of anilines is 2. The van der Waals surface area contributed by atoms with E-state index in [9.17, 15) is 0 Å². The van der Waals surface area contributed by atoms with Crippen molar-refractivity contribution in [3.05, 3.63) is 39.9 Å². The summed E-state index contributed by atoms with van der Waals surface area (Å²) in [5.74, 6) is 0. The van der Waals surface area contributed by atoms with E-state index in [0.29, 0.717) is 15.6 Å². The predicted molar refractivity (Wildman–Crippen MR) is 77.5 cm³/mol. The van der Waals surface area contributed by atoms with Crippen LogP contribution in [0.2, 0.25) is 5.02 Å². The minimum atomic E-state index is 0.298. The highest BCUT2D eigenvalue weighted by Crippen LogP contribution is 2.25. The smallest absolute Gasteiger partial charge is 0.187 e. The van der Waals surface area contributed by atoms with Gasteiger partial charge in [0.05, 0.1) is 5.02 Å². The summed E-state index contributed by atoms with van der Waals surface area (Å²) >= 11 is 12.5. The first-order chi connectivity index (χ1) is 8.06. The van der Waals surface area contributed by atoms with E-state index in [0.717, 1.165) is 15.7 Å². The highest BCUT2D eigenvalue weighted by molar-refractivity contribution is 7.80. The molecular weight excluding hydrogens is 274 g/mol. The Balaban J connectivity index is 2.23. The molecule has 88 valence electrons. The summed E-state index contributed by atoms with van der Waals surface area (Å²) in [6, 6.07) is 5.46. The first kappa shape index (κ1) is 12.3. The second kappa shape index (κ2) is 5.00. The SMILES string of the molecule is Cc1cnc(Nc2ccc(C(N)=S)c(Cl)c2)s1. The highest BCUT2D eigenvalue weighted by atomic mass is 35.5. The van der Waals surface area contributed by atoms with E-state index < -0.39 is 0 Å². The number of hydrogen-bond donors (Lipinski definition) is 2. The second-order valence-corrected chi connectivity index (χ2v) is 5.54. The van der Waals surface area contributed by atoms with Gasteiger partial charge in [0.1, 0.15) is 4.99 Å². The van der Waals surface area contributed by atoms with Crippen LogP contribution in [0.1, 0.15) is 10.4 Å². The van der Waals surface area contributed by atoms with E-state index in [4.69, 9.17) is 29.6 Å². The normalized spacial score (nSPS) is 10.2. The molecule has 6 heteroatoms. The molecule has 0 radical (unpaired) electrons. The van der Waals surface area contributed by atoms with Crippen molar-refractivity contribution in [2.45, 2.75) is 6.92 Å². The van der Waals surface area contributed by atoms with Gasteiger partial charge in [0, 0.05) is 22.3 Å². The Morgan fingerprint density at radius 3 is 2.82 bits per heavy atom. The van der Waals surface area contributed by atoms with E-state index in [2.05, 4.69) is 10.3 Å². The highest BCUT2D eigenvalue weighted by Gasteiger charge is 2.05. The molecule has 0 saturated carbocycles. The van der Waals surface area contributed by atoms with Gasteiger partial charge in [-0.3, -0.25) is 0 Å². The third-order valence-electron chi connectivity index (χ3n) is 2.11. The maximum atomic E-state index is 6.07. The number of thiazole rings is 1. The average Bonchev–Trinajstić information content (AvgIpc) is 2.63. The second-order valence-electron chi connectivity index (χ2n) is 3.46. The average molecular weight is 284 g/mol. The summed E-state index contributed by atoms with van der Waals surface area (Å²) < 4.78 is 0. The van der Waals surface area contributed by atoms with Gasteiger partial charge in [-0.25, -0.2) is 4.98 Å². The predicted octanol–water partition coefficient (Wildman–Crippen LogP) is 3.48. The number of benzene rings is 1. The molecular formula is C11H10ClN3S2. The van der Waals surface area contributed by atoms with Crippen LogP contribution in [-0.2, 0) is 0 Å². The topological polar surface area (TPSA) is 50.9 Å². The fraction of sp³-hybridized carbons (Fsp3) is 0.0909. The molecule has 0 fully saturated rings. The summed E-state index contributed by atoms with van der Waals surface area (Å²) in [5, 5.41) is 4.54. The van der Waals surface area contributed by atoms with Gasteiger partial charge < -0.3 is 11.1 Å². The zero-order chi connectivity index (χ0) is 12.4. The van der Waals surface area contributed by atoms with Gasteiger partial charge in [0.15, 0.2) is 5.13 Å². The van der Waals surface area contributed by atoms with Crippen LogP contribution in [0.4, 0.5) is 10.8 Å². The van der Waals surface area contributed by atoms with Crippen molar-refractivity contribution < 1.29 is 0 Å². The summed E-state index contributed by atoms with van der Waals surface area (Å²) in [7, 11) is 0. The van der Waals surface area contributed by atoms with Crippen molar-refractivity contribution in [2.75, 3.05) is 5.32 Å². The lowest BCUT2D eigenvalue weighted by molar-refractivity contribution is 1.36. The molecule has 0 amide bonds. The minimum absolute atomic E-state index is 0.298. The van der Waals surface area contributed by atoms with Crippen LogP contribution in [-0.4, -0.2) is 9.97 Å². The van der Waals surface area contributed by atoms with Crippen LogP contribution in [0.3, 0.4) is 0 Å². The number of nitrogens with two attached hydrogens (primary N) is 1. The first-order valence-corrected chi connectivity index (χ1v) is 6.45. The molecule has 17 heavy (non-hydrogen) atoms. The van der Waals surface area contributed by atoms with Crippen LogP contribution < -0.4 is 11.1 Å². The van der Waals surface area contributed by atoms with Crippen molar-refractivity contribution >= 4 is 51.0 Å². The van der Waals surface area contributed by atoms with Crippen LogP contribution in [0, 0.1) is 6.92 Å². The molecule has 0 bridgehead atoms. The number of thiocarbonyl (C=S) groups is 1. The van der Waals surface area contributed by atoms with Crippen LogP contribution in [0.5, 0.6) is 0 Å². The van der Waals surface area contributed by atoms with Crippen molar-refractivity contribution in [3.8, 4) is 0 Å². The number of aryl methyl sites for hydroxylation is 1. The molecule has 0 unspecified atom stereocenters. The lowest BCUT2D eigenvalue weighted by atomic mass is 10.2. The van der Waals surface area contributed by atoms with Gasteiger partial charge in [-0.2, -0.15) is 0 Å². The Labute approximate surface area is 114 Å². The summed E-state index contributed by atoms with van der Waals surface area (Å²) in [6.45, 7) is 2.01. The third-order valence-corrected chi connectivity index (χ3v) is 3.47. The number of nitrogens with one attached hydrogen (secondary N) is 1. The summed E-state index contributed by atoms with van der Waals surface area (Å²) in [5.41, 5.74) is 7.08. The lowest BCUT2D eigenvalue weighted by Crippen LogP contribution is -2.09. The van der Waals surface area contributed by atoms with Crippen LogP contribution in [0.25, 0.3) is 0 Å². The Morgan fingerprint density at radius 1 is 1.53 bits per heavy atom. The number of hydrogen-bond acceptors (Lipinski definition) is 4. The van der Waals surface area contributed by atoms with E-state index >= 15 is 0 Å². The van der Waals surface area contributed by atoms with E-state index in [1.807, 2.05) is 19.2 Å². The molecule has 0 saturated heterocycles. The maximum Gasteiger partial charge on any atom is 0.187 e. The molecule has 1 heterocycles. The number of halogens is 1. The molecule has 0 aliphatic carbocycles. The molecule has 0 atom stereocenters. The van der Waals surface area contributed by atoms with Crippen molar-refractivity contribution in [1.29, 1.82) is 0 Å². The molecule has 2 aromatic rings. The monoisotopic (exact) mass is 283 g/mol. The van der Waals surface area contributed by atoms with Gasteiger partial charge in [0.2, 0.25) is 0 Å². The van der Waals surface area contributed by atoms with E-state index in [-0.39, 0.29) is 0 Å². The van der Waals surface area contributed by atoms with Gasteiger partial charge >= 0.3 is 0 Å². The molecule has 3 N–H and O–H groups in total. The zero-order valence-electron chi connectivity index (χ0n) is 9.03. The largest absolute Gasteiger partial charge is 0.389 e. The molecule has 1 aromatic heterocycles. The number of nitrogens with zero attached hydrogens (tertiary/aromatic N) is 1. The number of rotatable bonds is 3. The fourth-order valence-electron chi connectivity index (χ4n) is 1.33. The standard InChI is InChI=1S/C11H10ClN3S2/c1-6-5-14-11(17-6)15-7-2-3-8(10(13)16)9(12)4-7/h2-5H,1H3,(H2,13,16)(H,14,15). The van der Waals surface area contributed by atoms with Gasteiger partial charge in [0.25, 0.3) is 0 Å². The Morgan fingerprint density at radius 2 is 2.29 bits per heavy atom.